The molecule has 24 heavy (non-hydrogen) atoms. The van der Waals surface area contributed by atoms with Crippen molar-refractivity contribution in [2.45, 2.75) is 12.3 Å². The summed E-state index contributed by atoms with van der Waals surface area (Å²) in [5.74, 6) is -1.49. The molecule has 0 aliphatic rings. The lowest BCUT2D eigenvalue weighted by molar-refractivity contribution is -0.137. The number of halogens is 1. The number of ether oxygens (including phenoxy) is 1. The first-order valence-electron chi connectivity index (χ1n) is 7.13. The Labute approximate surface area is 143 Å². The first-order chi connectivity index (χ1) is 11.4. The van der Waals surface area contributed by atoms with Crippen molar-refractivity contribution in [3.63, 3.8) is 0 Å². The quantitative estimate of drug-likeness (QED) is 0.707. The van der Waals surface area contributed by atoms with E-state index in [0.717, 1.165) is 0 Å². The molecule has 126 valence electrons. The Morgan fingerprint density at radius 3 is 2.25 bits per heavy atom. The maximum absolute atomic E-state index is 10.9. The summed E-state index contributed by atoms with van der Waals surface area (Å²) >= 11 is 6.14. The van der Waals surface area contributed by atoms with Gasteiger partial charge in [0.15, 0.2) is 0 Å². The Bertz CT molecular complexity index is 745. The van der Waals surface area contributed by atoms with Crippen molar-refractivity contribution in [1.82, 2.24) is 0 Å². The molecular formula is C17H16ClNO5. The molecule has 0 saturated carbocycles. The van der Waals surface area contributed by atoms with E-state index >= 15 is 0 Å². The van der Waals surface area contributed by atoms with Crippen molar-refractivity contribution >= 4 is 23.5 Å². The number of rotatable bonds is 7. The van der Waals surface area contributed by atoms with E-state index in [1.54, 1.807) is 18.2 Å². The number of carboxylic acids is 2. The molecule has 0 amide bonds. The standard InChI is InChI=1S/C17H16ClNO5/c18-15-6-5-13(8-14(15)11(9-19)7-16(20)21)24-12-3-1-10(2-4-12)17(22)23/h1-6,8,11H,7,9,19H2,(H,20,21)(H,22,23)/t11-/m0/s1. The number of aromatic carboxylic acids is 1. The Kier molecular flexibility index (Phi) is 5.78. The van der Waals surface area contributed by atoms with Crippen molar-refractivity contribution in [3.8, 4) is 11.5 Å². The van der Waals surface area contributed by atoms with Crippen molar-refractivity contribution in [2.75, 3.05) is 6.54 Å². The van der Waals surface area contributed by atoms with Crippen LogP contribution >= 0.6 is 11.6 Å². The summed E-state index contributed by atoms with van der Waals surface area (Å²) in [5.41, 5.74) is 6.41. The minimum atomic E-state index is -1.02. The average Bonchev–Trinajstić information content (AvgIpc) is 2.55. The molecule has 0 unspecified atom stereocenters. The third-order valence-electron chi connectivity index (χ3n) is 3.45. The maximum Gasteiger partial charge on any atom is 0.335 e. The number of hydrogen-bond acceptors (Lipinski definition) is 4. The molecular weight excluding hydrogens is 334 g/mol. The second kappa shape index (κ2) is 7.81. The normalized spacial score (nSPS) is 11.8. The molecule has 4 N–H and O–H groups in total. The summed E-state index contributed by atoms with van der Waals surface area (Å²) in [6.07, 6.45) is -0.132. The van der Waals surface area contributed by atoms with Crippen LogP contribution in [0.3, 0.4) is 0 Å². The monoisotopic (exact) mass is 349 g/mol. The van der Waals surface area contributed by atoms with Crippen LogP contribution in [-0.4, -0.2) is 28.7 Å². The zero-order chi connectivity index (χ0) is 17.7. The predicted molar refractivity (Wildman–Crippen MR) is 89.0 cm³/mol. The molecule has 0 bridgehead atoms. The lowest BCUT2D eigenvalue weighted by atomic mass is 9.95. The zero-order valence-electron chi connectivity index (χ0n) is 12.6. The SMILES string of the molecule is NC[C@H](CC(=O)O)c1cc(Oc2ccc(C(=O)O)cc2)ccc1Cl. The van der Waals surface area contributed by atoms with Crippen LogP contribution in [0.2, 0.25) is 5.02 Å². The van der Waals surface area contributed by atoms with Crippen LogP contribution in [0.1, 0.15) is 28.3 Å². The molecule has 2 aromatic carbocycles. The van der Waals surface area contributed by atoms with Crippen molar-refractivity contribution in [3.05, 3.63) is 58.6 Å². The van der Waals surface area contributed by atoms with Crippen LogP contribution in [0.4, 0.5) is 0 Å². The van der Waals surface area contributed by atoms with Gasteiger partial charge in [0.25, 0.3) is 0 Å². The van der Waals surface area contributed by atoms with Gasteiger partial charge >= 0.3 is 11.9 Å². The summed E-state index contributed by atoms with van der Waals surface area (Å²) in [5, 5.41) is 18.3. The molecule has 0 fully saturated rings. The number of carbonyl (C=O) groups is 2. The van der Waals surface area contributed by atoms with Gasteiger partial charge in [0, 0.05) is 10.9 Å². The van der Waals surface area contributed by atoms with E-state index in [1.165, 1.54) is 24.3 Å². The number of nitrogens with two attached hydrogens (primary N) is 1. The molecule has 0 aliphatic carbocycles. The lowest BCUT2D eigenvalue weighted by Gasteiger charge is -2.16. The Morgan fingerprint density at radius 1 is 1.08 bits per heavy atom. The molecule has 1 atom stereocenters. The maximum atomic E-state index is 10.9. The number of aliphatic carboxylic acids is 1. The minimum Gasteiger partial charge on any atom is -0.481 e. The number of carboxylic acid groups (broad SMARTS) is 2. The Hall–Kier alpha value is -2.57. The molecule has 2 aromatic rings. The van der Waals surface area contributed by atoms with Gasteiger partial charge in [-0.25, -0.2) is 4.79 Å². The van der Waals surface area contributed by atoms with E-state index in [1.807, 2.05) is 0 Å². The first-order valence-corrected chi connectivity index (χ1v) is 7.51. The highest BCUT2D eigenvalue weighted by molar-refractivity contribution is 6.31. The minimum absolute atomic E-state index is 0.132. The van der Waals surface area contributed by atoms with E-state index in [9.17, 15) is 9.59 Å². The smallest absolute Gasteiger partial charge is 0.335 e. The van der Waals surface area contributed by atoms with E-state index in [2.05, 4.69) is 0 Å². The highest BCUT2D eigenvalue weighted by Gasteiger charge is 2.18. The largest absolute Gasteiger partial charge is 0.481 e. The van der Waals surface area contributed by atoms with Gasteiger partial charge in [0.1, 0.15) is 11.5 Å². The Balaban J connectivity index is 2.23. The third-order valence-corrected chi connectivity index (χ3v) is 3.79. The summed E-state index contributed by atoms with van der Waals surface area (Å²) in [6.45, 7) is 0.142. The number of benzene rings is 2. The fourth-order valence-corrected chi connectivity index (χ4v) is 2.50. The van der Waals surface area contributed by atoms with Gasteiger partial charge < -0.3 is 20.7 Å². The van der Waals surface area contributed by atoms with Crippen LogP contribution in [0.15, 0.2) is 42.5 Å². The molecule has 0 radical (unpaired) electrons. The van der Waals surface area contributed by atoms with Gasteiger partial charge in [-0.3, -0.25) is 4.79 Å². The average molecular weight is 350 g/mol. The van der Waals surface area contributed by atoms with Gasteiger partial charge in [0.2, 0.25) is 0 Å². The molecule has 0 aliphatic heterocycles. The van der Waals surface area contributed by atoms with Crippen molar-refractivity contribution in [2.24, 2.45) is 5.73 Å². The van der Waals surface area contributed by atoms with Crippen molar-refractivity contribution in [1.29, 1.82) is 0 Å². The molecule has 2 rings (SSSR count). The van der Waals surface area contributed by atoms with E-state index in [0.29, 0.717) is 22.1 Å². The van der Waals surface area contributed by atoms with E-state index in [-0.39, 0.29) is 18.5 Å². The molecule has 7 heteroatoms. The molecule has 0 spiro atoms. The molecule has 0 heterocycles. The van der Waals surface area contributed by atoms with E-state index in [4.69, 9.17) is 32.3 Å². The van der Waals surface area contributed by atoms with Crippen molar-refractivity contribution < 1.29 is 24.5 Å². The van der Waals surface area contributed by atoms with E-state index < -0.39 is 17.9 Å². The van der Waals surface area contributed by atoms with Gasteiger partial charge in [0.05, 0.1) is 12.0 Å². The fourth-order valence-electron chi connectivity index (χ4n) is 2.23. The first kappa shape index (κ1) is 17.8. The summed E-state index contributed by atoms with van der Waals surface area (Å²) in [7, 11) is 0. The second-order valence-corrected chi connectivity index (χ2v) is 5.55. The van der Waals surface area contributed by atoms with Gasteiger partial charge in [-0.2, -0.15) is 0 Å². The van der Waals surface area contributed by atoms with Gasteiger partial charge in [-0.15, -0.1) is 0 Å². The molecule has 0 aromatic heterocycles. The Morgan fingerprint density at radius 2 is 1.71 bits per heavy atom. The zero-order valence-corrected chi connectivity index (χ0v) is 13.4. The second-order valence-electron chi connectivity index (χ2n) is 5.15. The van der Waals surface area contributed by atoms with Crippen LogP contribution in [0, 0.1) is 0 Å². The van der Waals surface area contributed by atoms with Crippen LogP contribution in [0.25, 0.3) is 0 Å². The van der Waals surface area contributed by atoms with Gasteiger partial charge in [-0.05, 0) is 54.6 Å². The third kappa shape index (κ3) is 4.47. The van der Waals surface area contributed by atoms with Crippen LogP contribution in [-0.2, 0) is 4.79 Å². The highest BCUT2D eigenvalue weighted by Crippen LogP contribution is 2.32. The lowest BCUT2D eigenvalue weighted by Crippen LogP contribution is -2.16. The molecule has 6 nitrogen and oxygen atoms in total. The van der Waals surface area contributed by atoms with Gasteiger partial charge in [-0.1, -0.05) is 11.6 Å². The summed E-state index contributed by atoms with van der Waals surface area (Å²) < 4.78 is 5.67. The highest BCUT2D eigenvalue weighted by atomic mass is 35.5. The summed E-state index contributed by atoms with van der Waals surface area (Å²) in [6, 6.07) is 10.8. The van der Waals surface area contributed by atoms with Crippen LogP contribution < -0.4 is 10.5 Å². The van der Waals surface area contributed by atoms with Crippen LogP contribution in [0.5, 0.6) is 11.5 Å². The number of hydrogen-bond donors (Lipinski definition) is 3. The molecule has 0 saturated heterocycles. The topological polar surface area (TPSA) is 110 Å². The fraction of sp³-hybridized carbons (Fsp3) is 0.176. The summed E-state index contributed by atoms with van der Waals surface area (Å²) in [4.78, 5) is 21.8. The predicted octanol–water partition coefficient (Wildman–Crippen LogP) is 3.35.